The molecule has 4 heteroatoms. The molecule has 0 aromatic rings. The fourth-order valence-corrected chi connectivity index (χ4v) is 2.66. The van der Waals surface area contributed by atoms with Crippen molar-refractivity contribution in [3.8, 4) is 0 Å². The van der Waals surface area contributed by atoms with Gasteiger partial charge in [0, 0.05) is 0 Å². The average molecular weight is 256 g/mol. The van der Waals surface area contributed by atoms with Gasteiger partial charge in [0.25, 0.3) is 0 Å². The third-order valence-electron chi connectivity index (χ3n) is 3.78. The second-order valence-electron chi connectivity index (χ2n) is 5.01. The minimum Gasteiger partial charge on any atom is -0.469 e. The van der Waals surface area contributed by atoms with Crippen molar-refractivity contribution < 1.29 is 19.1 Å². The summed E-state index contributed by atoms with van der Waals surface area (Å²) in [6, 6.07) is 0. The molecule has 0 unspecified atom stereocenters. The van der Waals surface area contributed by atoms with E-state index in [9.17, 15) is 9.59 Å². The number of hydrogen-bond donors (Lipinski definition) is 0. The monoisotopic (exact) mass is 256 g/mol. The smallest absolute Gasteiger partial charge is 0.308 e. The molecular weight excluding hydrogens is 232 g/mol. The van der Waals surface area contributed by atoms with Crippen LogP contribution in [0.4, 0.5) is 0 Å². The fourth-order valence-electron chi connectivity index (χ4n) is 2.66. The molecule has 0 bridgehead atoms. The minimum absolute atomic E-state index is 0.0460. The summed E-state index contributed by atoms with van der Waals surface area (Å²) < 4.78 is 9.64. The van der Waals surface area contributed by atoms with E-state index in [4.69, 9.17) is 9.47 Å². The van der Waals surface area contributed by atoms with Crippen LogP contribution in [0.2, 0.25) is 0 Å². The molecule has 0 N–H and O–H groups in total. The lowest BCUT2D eigenvalue weighted by atomic mass is 9.88. The van der Waals surface area contributed by atoms with Gasteiger partial charge in [-0.3, -0.25) is 9.59 Å². The molecule has 0 aromatic heterocycles. The Kier molecular flexibility index (Phi) is 6.76. The number of hydrogen-bond acceptors (Lipinski definition) is 4. The highest BCUT2D eigenvalue weighted by Crippen LogP contribution is 2.25. The SMILES string of the molecule is COC(=O)C1CCCCC(C(=O)OC)CCCC1. The lowest BCUT2D eigenvalue weighted by Gasteiger charge is -2.19. The van der Waals surface area contributed by atoms with Crippen LogP contribution in [0.5, 0.6) is 0 Å². The molecule has 1 saturated carbocycles. The summed E-state index contributed by atoms with van der Waals surface area (Å²) in [7, 11) is 2.91. The van der Waals surface area contributed by atoms with E-state index < -0.39 is 0 Å². The van der Waals surface area contributed by atoms with Gasteiger partial charge in [-0.1, -0.05) is 25.7 Å². The number of rotatable bonds is 2. The fraction of sp³-hybridized carbons (Fsp3) is 0.857. The Morgan fingerprint density at radius 2 is 1.00 bits per heavy atom. The van der Waals surface area contributed by atoms with E-state index in [1.54, 1.807) is 0 Å². The quantitative estimate of drug-likeness (QED) is 0.713. The molecule has 0 radical (unpaired) electrons. The normalized spacial score (nSPS) is 26.1. The van der Waals surface area contributed by atoms with E-state index in [-0.39, 0.29) is 23.8 Å². The number of carbonyl (C=O) groups is 2. The first-order chi connectivity index (χ1) is 8.69. The van der Waals surface area contributed by atoms with Crippen LogP contribution in [-0.2, 0) is 19.1 Å². The van der Waals surface area contributed by atoms with Gasteiger partial charge in [0.2, 0.25) is 0 Å². The van der Waals surface area contributed by atoms with Crippen LogP contribution in [-0.4, -0.2) is 26.2 Å². The lowest BCUT2D eigenvalue weighted by Crippen LogP contribution is -2.20. The molecule has 0 heterocycles. The highest BCUT2D eigenvalue weighted by Gasteiger charge is 2.23. The molecule has 0 spiro atoms. The van der Waals surface area contributed by atoms with Gasteiger partial charge >= 0.3 is 11.9 Å². The van der Waals surface area contributed by atoms with Crippen LogP contribution < -0.4 is 0 Å². The molecule has 4 nitrogen and oxygen atoms in total. The van der Waals surface area contributed by atoms with E-state index in [1.807, 2.05) is 0 Å². The summed E-state index contributed by atoms with van der Waals surface area (Å²) in [5.74, 6) is -0.0745. The molecule has 1 fully saturated rings. The molecule has 0 atom stereocenters. The molecule has 0 saturated heterocycles. The van der Waals surface area contributed by atoms with Crippen molar-refractivity contribution in [2.24, 2.45) is 11.8 Å². The van der Waals surface area contributed by atoms with Crippen LogP contribution in [0.15, 0.2) is 0 Å². The van der Waals surface area contributed by atoms with Crippen LogP contribution in [0.1, 0.15) is 51.4 Å². The Labute approximate surface area is 109 Å². The molecule has 0 amide bonds. The number of esters is 2. The Morgan fingerprint density at radius 1 is 0.722 bits per heavy atom. The summed E-state index contributed by atoms with van der Waals surface area (Å²) in [4.78, 5) is 23.1. The molecule has 0 aromatic carbocycles. The third-order valence-corrected chi connectivity index (χ3v) is 3.78. The van der Waals surface area contributed by atoms with Gasteiger partial charge in [-0.05, 0) is 25.7 Å². The van der Waals surface area contributed by atoms with Gasteiger partial charge in [0.1, 0.15) is 0 Å². The Hall–Kier alpha value is -1.06. The zero-order chi connectivity index (χ0) is 13.4. The van der Waals surface area contributed by atoms with E-state index in [2.05, 4.69) is 0 Å². The number of ether oxygens (including phenoxy) is 2. The topological polar surface area (TPSA) is 52.6 Å². The summed E-state index contributed by atoms with van der Waals surface area (Å²) in [6.45, 7) is 0. The molecule has 18 heavy (non-hydrogen) atoms. The standard InChI is InChI=1S/C14H24O4/c1-17-13(15)11-7-3-5-9-12(14(16)18-2)10-6-4-8-11/h11-12H,3-10H2,1-2H3. The maximum atomic E-state index is 11.6. The summed E-state index contributed by atoms with van der Waals surface area (Å²) in [5, 5.41) is 0. The van der Waals surface area contributed by atoms with Gasteiger partial charge in [-0.25, -0.2) is 0 Å². The Bertz CT molecular complexity index is 235. The number of carbonyl (C=O) groups excluding carboxylic acids is 2. The maximum absolute atomic E-state index is 11.6. The van der Waals surface area contributed by atoms with E-state index in [0.717, 1.165) is 51.4 Å². The second-order valence-corrected chi connectivity index (χ2v) is 5.01. The highest BCUT2D eigenvalue weighted by molar-refractivity contribution is 5.72. The predicted molar refractivity (Wildman–Crippen MR) is 67.9 cm³/mol. The molecule has 104 valence electrons. The first-order valence-electron chi connectivity index (χ1n) is 6.84. The van der Waals surface area contributed by atoms with Gasteiger partial charge in [-0.15, -0.1) is 0 Å². The average Bonchev–Trinajstić information content (AvgIpc) is 2.42. The maximum Gasteiger partial charge on any atom is 0.308 e. The van der Waals surface area contributed by atoms with Crippen LogP contribution >= 0.6 is 0 Å². The van der Waals surface area contributed by atoms with Crippen molar-refractivity contribution in [3.63, 3.8) is 0 Å². The second kappa shape index (κ2) is 8.11. The van der Waals surface area contributed by atoms with Gasteiger partial charge in [0.05, 0.1) is 26.1 Å². The van der Waals surface area contributed by atoms with Crippen molar-refractivity contribution in [2.75, 3.05) is 14.2 Å². The van der Waals surface area contributed by atoms with Gasteiger partial charge in [-0.2, -0.15) is 0 Å². The van der Waals surface area contributed by atoms with Crippen molar-refractivity contribution in [1.29, 1.82) is 0 Å². The van der Waals surface area contributed by atoms with Crippen molar-refractivity contribution in [1.82, 2.24) is 0 Å². The zero-order valence-electron chi connectivity index (χ0n) is 11.4. The minimum atomic E-state index is -0.0832. The van der Waals surface area contributed by atoms with Crippen molar-refractivity contribution in [2.45, 2.75) is 51.4 Å². The molecule has 0 aliphatic heterocycles. The summed E-state index contributed by atoms with van der Waals surface area (Å²) >= 11 is 0. The van der Waals surface area contributed by atoms with Crippen molar-refractivity contribution in [3.05, 3.63) is 0 Å². The molecular formula is C14H24O4. The molecule has 1 aliphatic carbocycles. The van der Waals surface area contributed by atoms with Crippen LogP contribution in [0, 0.1) is 11.8 Å². The number of methoxy groups -OCH3 is 2. The van der Waals surface area contributed by atoms with E-state index >= 15 is 0 Å². The highest BCUT2D eigenvalue weighted by atomic mass is 16.5. The molecule has 1 aliphatic rings. The summed E-state index contributed by atoms with van der Waals surface area (Å²) in [5.41, 5.74) is 0. The van der Waals surface area contributed by atoms with Gasteiger partial charge < -0.3 is 9.47 Å². The lowest BCUT2D eigenvalue weighted by molar-refractivity contribution is -0.147. The van der Waals surface area contributed by atoms with E-state index in [1.165, 1.54) is 14.2 Å². The Balaban J connectivity index is 2.45. The van der Waals surface area contributed by atoms with Crippen LogP contribution in [0.3, 0.4) is 0 Å². The van der Waals surface area contributed by atoms with Crippen LogP contribution in [0.25, 0.3) is 0 Å². The first kappa shape index (κ1) is 15.0. The predicted octanol–water partition coefficient (Wildman–Crippen LogP) is 2.70. The van der Waals surface area contributed by atoms with Gasteiger partial charge in [0.15, 0.2) is 0 Å². The Morgan fingerprint density at radius 3 is 1.22 bits per heavy atom. The van der Waals surface area contributed by atoms with Crippen molar-refractivity contribution >= 4 is 11.9 Å². The summed E-state index contributed by atoms with van der Waals surface area (Å²) in [6.07, 6.45) is 7.42. The zero-order valence-corrected chi connectivity index (χ0v) is 11.4. The largest absolute Gasteiger partial charge is 0.469 e. The van der Waals surface area contributed by atoms with E-state index in [0.29, 0.717) is 0 Å². The molecule has 1 rings (SSSR count). The first-order valence-corrected chi connectivity index (χ1v) is 6.84. The third kappa shape index (κ3) is 4.67.